The Morgan fingerprint density at radius 1 is 1.33 bits per heavy atom. The molecule has 2 atom stereocenters. The summed E-state index contributed by atoms with van der Waals surface area (Å²) in [6, 6.07) is 4.22. The van der Waals surface area contributed by atoms with Crippen molar-refractivity contribution in [1.29, 1.82) is 0 Å². The summed E-state index contributed by atoms with van der Waals surface area (Å²) < 4.78 is 42.5. The van der Waals surface area contributed by atoms with Gasteiger partial charge in [0.1, 0.15) is 18.5 Å². The third kappa shape index (κ3) is 5.88. The van der Waals surface area contributed by atoms with Crippen LogP contribution < -0.4 is 10.1 Å². The van der Waals surface area contributed by atoms with Crippen LogP contribution in [0.5, 0.6) is 5.75 Å². The minimum Gasteiger partial charge on any atom is -0.491 e. The van der Waals surface area contributed by atoms with Gasteiger partial charge in [0.15, 0.2) is 0 Å². The fourth-order valence-electron chi connectivity index (χ4n) is 2.40. The van der Waals surface area contributed by atoms with Gasteiger partial charge in [0.25, 0.3) is 0 Å². The molecule has 1 aliphatic rings. The van der Waals surface area contributed by atoms with Crippen molar-refractivity contribution >= 4 is 5.91 Å². The van der Waals surface area contributed by atoms with Gasteiger partial charge in [0.2, 0.25) is 5.91 Å². The molecule has 1 aromatic carbocycles. The first-order chi connectivity index (χ1) is 11.3. The summed E-state index contributed by atoms with van der Waals surface area (Å²) in [5.74, 6) is 0.343. The largest absolute Gasteiger partial charge is 0.491 e. The summed E-state index contributed by atoms with van der Waals surface area (Å²) in [7, 11) is 0. The number of rotatable bonds is 7. The molecule has 0 aromatic heterocycles. The highest BCUT2D eigenvalue weighted by molar-refractivity contribution is 5.76. The van der Waals surface area contributed by atoms with Crippen LogP contribution in [0.25, 0.3) is 0 Å². The van der Waals surface area contributed by atoms with Gasteiger partial charge in [0.05, 0.1) is 5.56 Å². The highest BCUT2D eigenvalue weighted by Gasteiger charge is 2.30. The third-order valence-electron chi connectivity index (χ3n) is 3.72. The fraction of sp³-hybridized carbons (Fsp3) is 0.471. The molecule has 1 aromatic rings. The summed E-state index contributed by atoms with van der Waals surface area (Å²) in [4.78, 5) is 11.7. The quantitative estimate of drug-likeness (QED) is 0.749. The third-order valence-corrected chi connectivity index (χ3v) is 3.72. The molecule has 132 valence electrons. The van der Waals surface area contributed by atoms with Crippen molar-refractivity contribution < 1.29 is 27.8 Å². The molecule has 4 nitrogen and oxygen atoms in total. The van der Waals surface area contributed by atoms with Crippen LogP contribution in [0.3, 0.4) is 0 Å². The molecule has 1 amide bonds. The van der Waals surface area contributed by atoms with Crippen molar-refractivity contribution in [3.63, 3.8) is 0 Å². The molecule has 0 heterocycles. The first-order valence-corrected chi connectivity index (χ1v) is 7.76. The number of aliphatic hydroxyl groups excluding tert-OH is 1. The molecular formula is C17H20F3NO3. The number of halogens is 3. The van der Waals surface area contributed by atoms with E-state index in [1.807, 2.05) is 12.2 Å². The number of nitrogens with one attached hydrogen (secondary N) is 1. The zero-order valence-corrected chi connectivity index (χ0v) is 13.1. The lowest BCUT2D eigenvalue weighted by Crippen LogP contribution is -2.35. The lowest BCUT2D eigenvalue weighted by Gasteiger charge is -2.14. The molecule has 0 fully saturated rings. The molecule has 0 saturated carbocycles. The van der Waals surface area contributed by atoms with Crippen LogP contribution >= 0.6 is 0 Å². The van der Waals surface area contributed by atoms with Crippen molar-refractivity contribution in [3.05, 3.63) is 42.0 Å². The van der Waals surface area contributed by atoms with Crippen LogP contribution in [0.2, 0.25) is 0 Å². The van der Waals surface area contributed by atoms with Gasteiger partial charge in [0, 0.05) is 13.0 Å². The molecular weight excluding hydrogens is 323 g/mol. The van der Waals surface area contributed by atoms with Crippen LogP contribution in [0.15, 0.2) is 36.4 Å². The van der Waals surface area contributed by atoms with Gasteiger partial charge in [-0.15, -0.1) is 0 Å². The molecule has 0 spiro atoms. The van der Waals surface area contributed by atoms with Gasteiger partial charge in [-0.25, -0.2) is 0 Å². The Kier molecular flexibility index (Phi) is 6.25. The lowest BCUT2D eigenvalue weighted by atomic mass is 10.1. The van der Waals surface area contributed by atoms with E-state index in [9.17, 15) is 23.1 Å². The first-order valence-electron chi connectivity index (χ1n) is 7.76. The van der Waals surface area contributed by atoms with Crippen LogP contribution in [-0.4, -0.2) is 30.3 Å². The maximum Gasteiger partial charge on any atom is 0.416 e. The number of hydrogen-bond donors (Lipinski definition) is 2. The van der Waals surface area contributed by atoms with Gasteiger partial charge in [-0.05, 0) is 43.0 Å². The molecule has 2 rings (SSSR count). The van der Waals surface area contributed by atoms with Crippen molar-refractivity contribution in [2.24, 2.45) is 5.92 Å². The number of alkyl halides is 3. The lowest BCUT2D eigenvalue weighted by molar-refractivity contribution is -0.137. The van der Waals surface area contributed by atoms with Gasteiger partial charge in [-0.1, -0.05) is 12.2 Å². The number of carbonyl (C=O) groups excluding carboxylic acids is 1. The Morgan fingerprint density at radius 3 is 2.62 bits per heavy atom. The van der Waals surface area contributed by atoms with Crippen molar-refractivity contribution in [1.82, 2.24) is 5.32 Å². The van der Waals surface area contributed by atoms with Crippen LogP contribution in [0, 0.1) is 5.92 Å². The summed E-state index contributed by atoms with van der Waals surface area (Å²) in [6.45, 7) is -0.0785. The predicted molar refractivity (Wildman–Crippen MR) is 82.4 cm³/mol. The maximum absolute atomic E-state index is 12.4. The van der Waals surface area contributed by atoms with E-state index >= 15 is 0 Å². The van der Waals surface area contributed by atoms with Crippen LogP contribution in [-0.2, 0) is 11.0 Å². The number of carbonyl (C=O) groups is 1. The van der Waals surface area contributed by atoms with E-state index in [1.165, 1.54) is 12.1 Å². The van der Waals surface area contributed by atoms with Crippen molar-refractivity contribution in [2.75, 3.05) is 13.2 Å². The molecule has 0 aliphatic heterocycles. The topological polar surface area (TPSA) is 58.6 Å². The van der Waals surface area contributed by atoms with Gasteiger partial charge < -0.3 is 15.2 Å². The highest BCUT2D eigenvalue weighted by Crippen LogP contribution is 2.30. The minimum atomic E-state index is -4.39. The molecule has 1 aliphatic carbocycles. The van der Waals surface area contributed by atoms with E-state index in [0.717, 1.165) is 25.0 Å². The standard InChI is InChI=1S/C17H20F3NO3/c18-17(19,20)13-5-7-15(8-6-13)24-11-14(22)10-21-16(23)9-12-3-1-2-4-12/h1,3,5-8,12,14,22H,2,4,9-11H2,(H,21,23)/t12-,14-/m1/s1. The second-order valence-corrected chi connectivity index (χ2v) is 5.76. The van der Waals surface area contributed by atoms with Crippen molar-refractivity contribution in [2.45, 2.75) is 31.5 Å². The Balaban J connectivity index is 1.68. The smallest absolute Gasteiger partial charge is 0.416 e. The molecule has 2 N–H and O–H groups in total. The number of benzene rings is 1. The van der Waals surface area contributed by atoms with Gasteiger partial charge in [-0.2, -0.15) is 13.2 Å². The Bertz CT molecular complexity index is 569. The van der Waals surface area contributed by atoms with Gasteiger partial charge >= 0.3 is 6.18 Å². The maximum atomic E-state index is 12.4. The number of aliphatic hydroxyl groups is 1. The summed E-state index contributed by atoms with van der Waals surface area (Å²) in [5, 5.41) is 12.4. The Hall–Kier alpha value is -2.02. The number of allylic oxidation sites excluding steroid dienone is 2. The van der Waals surface area contributed by atoms with Crippen molar-refractivity contribution in [3.8, 4) is 5.75 Å². The minimum absolute atomic E-state index is 0.0376. The monoisotopic (exact) mass is 343 g/mol. The predicted octanol–water partition coefficient (Wildman–Crippen LogP) is 2.92. The second-order valence-electron chi connectivity index (χ2n) is 5.76. The number of hydrogen-bond acceptors (Lipinski definition) is 3. The van der Waals surface area contributed by atoms with E-state index in [2.05, 4.69) is 5.32 Å². The molecule has 0 saturated heterocycles. The normalized spacial score (nSPS) is 18.4. The zero-order valence-electron chi connectivity index (χ0n) is 13.1. The SMILES string of the molecule is O=C(C[C@@H]1C=CCC1)NC[C@@H](O)COc1ccc(C(F)(F)F)cc1. The molecule has 7 heteroatoms. The molecule has 0 bridgehead atoms. The Morgan fingerprint density at radius 2 is 2.04 bits per heavy atom. The van der Waals surface area contributed by atoms with E-state index in [-0.39, 0.29) is 30.7 Å². The van der Waals surface area contributed by atoms with Crippen LogP contribution in [0.4, 0.5) is 13.2 Å². The zero-order chi connectivity index (χ0) is 17.6. The summed E-state index contributed by atoms with van der Waals surface area (Å²) in [5.41, 5.74) is -0.761. The fourth-order valence-corrected chi connectivity index (χ4v) is 2.40. The highest BCUT2D eigenvalue weighted by atomic mass is 19.4. The molecule has 24 heavy (non-hydrogen) atoms. The average molecular weight is 343 g/mol. The van der Waals surface area contributed by atoms with E-state index < -0.39 is 17.8 Å². The number of amides is 1. The van der Waals surface area contributed by atoms with Gasteiger partial charge in [-0.3, -0.25) is 4.79 Å². The average Bonchev–Trinajstić information content (AvgIpc) is 3.03. The summed E-state index contributed by atoms with van der Waals surface area (Å²) in [6.07, 6.45) is 1.08. The summed E-state index contributed by atoms with van der Waals surface area (Å²) >= 11 is 0. The van der Waals surface area contributed by atoms with E-state index in [1.54, 1.807) is 0 Å². The van der Waals surface area contributed by atoms with E-state index in [4.69, 9.17) is 4.74 Å². The number of ether oxygens (including phenoxy) is 1. The Labute approximate surface area is 138 Å². The molecule has 0 radical (unpaired) electrons. The van der Waals surface area contributed by atoms with Crippen LogP contribution in [0.1, 0.15) is 24.8 Å². The molecule has 0 unspecified atom stereocenters. The second kappa shape index (κ2) is 8.19. The first kappa shape index (κ1) is 18.3. The van der Waals surface area contributed by atoms with E-state index in [0.29, 0.717) is 6.42 Å².